The maximum atomic E-state index is 11.7. The quantitative estimate of drug-likeness (QED) is 0.644. The predicted molar refractivity (Wildman–Crippen MR) is 125 cm³/mol. The van der Waals surface area contributed by atoms with Crippen LogP contribution < -0.4 is 10.1 Å². The monoisotopic (exact) mass is 449 g/mol. The molecule has 1 aromatic carbocycles. The Hall–Kier alpha value is -3.20. The molecule has 3 aromatic rings. The second kappa shape index (κ2) is 8.97. The highest BCUT2D eigenvalue weighted by atomic mass is 16.5. The van der Waals surface area contributed by atoms with E-state index in [0.29, 0.717) is 19.1 Å². The molecule has 0 bridgehead atoms. The summed E-state index contributed by atoms with van der Waals surface area (Å²) in [4.78, 5) is 23.3. The number of nitrogens with zero attached hydrogens (tertiary/aromatic N) is 6. The van der Waals surface area contributed by atoms with E-state index in [4.69, 9.17) is 9.72 Å². The first-order valence-electron chi connectivity index (χ1n) is 11.7. The summed E-state index contributed by atoms with van der Waals surface area (Å²) in [7, 11) is 1.69. The molecule has 2 aliphatic rings. The zero-order chi connectivity index (χ0) is 22.9. The lowest BCUT2D eigenvalue weighted by molar-refractivity contribution is -0.122. The molecule has 2 aliphatic heterocycles. The number of likely N-dealkylation sites (tertiary alicyclic amines) is 1. The molecule has 2 aromatic heterocycles. The second-order valence-electron chi connectivity index (χ2n) is 9.09. The van der Waals surface area contributed by atoms with Gasteiger partial charge in [-0.2, -0.15) is 5.10 Å². The number of carbonyl (C=O) groups excluding carboxylic acids is 1. The van der Waals surface area contributed by atoms with E-state index in [1.807, 2.05) is 10.9 Å². The van der Waals surface area contributed by atoms with E-state index in [2.05, 4.69) is 56.9 Å². The third kappa shape index (κ3) is 4.25. The van der Waals surface area contributed by atoms with E-state index < -0.39 is 0 Å². The topological polar surface area (TPSA) is 90.1 Å². The molecule has 9 heteroatoms. The molecular weight excluding hydrogens is 418 g/mol. The van der Waals surface area contributed by atoms with E-state index in [1.54, 1.807) is 13.4 Å². The largest absolute Gasteiger partial charge is 0.491 e. The van der Waals surface area contributed by atoms with Crippen molar-refractivity contribution in [2.24, 2.45) is 0 Å². The van der Waals surface area contributed by atoms with E-state index in [9.17, 15) is 4.79 Å². The fourth-order valence-corrected chi connectivity index (χ4v) is 4.78. The van der Waals surface area contributed by atoms with Gasteiger partial charge in [0.05, 0.1) is 18.7 Å². The van der Waals surface area contributed by atoms with Crippen molar-refractivity contribution < 1.29 is 9.53 Å². The van der Waals surface area contributed by atoms with Crippen molar-refractivity contribution >= 4 is 5.91 Å². The number of fused-ring (bicyclic) bond motifs is 3. The highest BCUT2D eigenvalue weighted by molar-refractivity contribution is 5.77. The lowest BCUT2D eigenvalue weighted by Crippen LogP contribution is -2.40. The normalized spacial score (nSPS) is 16.7. The van der Waals surface area contributed by atoms with E-state index in [-0.39, 0.29) is 11.9 Å². The van der Waals surface area contributed by atoms with Crippen LogP contribution in [0.5, 0.6) is 5.75 Å². The van der Waals surface area contributed by atoms with Crippen molar-refractivity contribution in [1.29, 1.82) is 0 Å². The maximum absolute atomic E-state index is 11.7. The lowest BCUT2D eigenvalue weighted by Gasteiger charge is -2.31. The van der Waals surface area contributed by atoms with Crippen LogP contribution in [0.2, 0.25) is 0 Å². The van der Waals surface area contributed by atoms with Crippen LogP contribution in [-0.4, -0.2) is 68.4 Å². The van der Waals surface area contributed by atoms with Crippen molar-refractivity contribution in [3.05, 3.63) is 36.3 Å². The molecule has 9 nitrogen and oxygen atoms in total. The van der Waals surface area contributed by atoms with Crippen LogP contribution in [0, 0.1) is 0 Å². The van der Waals surface area contributed by atoms with Crippen molar-refractivity contribution in [1.82, 2.24) is 34.5 Å². The van der Waals surface area contributed by atoms with Gasteiger partial charge in [-0.25, -0.2) is 14.6 Å². The van der Waals surface area contributed by atoms with Gasteiger partial charge in [-0.1, -0.05) is 6.07 Å². The molecule has 1 amide bonds. The molecular formula is C24H31N7O2. The first kappa shape index (κ1) is 21.6. The molecule has 0 spiro atoms. The molecule has 0 saturated carbocycles. The number of carbonyl (C=O) groups is 1. The fraction of sp³-hybridized carbons (Fsp3) is 0.500. The Kier molecular flexibility index (Phi) is 5.88. The minimum Gasteiger partial charge on any atom is -0.491 e. The van der Waals surface area contributed by atoms with Crippen molar-refractivity contribution in [2.45, 2.75) is 45.2 Å². The van der Waals surface area contributed by atoms with E-state index in [1.165, 1.54) is 5.56 Å². The van der Waals surface area contributed by atoms with Gasteiger partial charge in [0, 0.05) is 19.3 Å². The van der Waals surface area contributed by atoms with Gasteiger partial charge in [0.15, 0.2) is 5.82 Å². The summed E-state index contributed by atoms with van der Waals surface area (Å²) < 4.78 is 10.2. The number of hydrogen-bond acceptors (Lipinski definition) is 6. The molecule has 174 valence electrons. The minimum atomic E-state index is 0.0772. The van der Waals surface area contributed by atoms with E-state index >= 15 is 0 Å². The van der Waals surface area contributed by atoms with Gasteiger partial charge in [0.2, 0.25) is 5.91 Å². The summed E-state index contributed by atoms with van der Waals surface area (Å²) in [6, 6.07) is 6.75. The van der Waals surface area contributed by atoms with Crippen LogP contribution >= 0.6 is 0 Å². The molecule has 0 aliphatic carbocycles. The Labute approximate surface area is 193 Å². The number of nitrogens with one attached hydrogen (secondary N) is 1. The minimum absolute atomic E-state index is 0.0772. The predicted octanol–water partition coefficient (Wildman–Crippen LogP) is 2.71. The van der Waals surface area contributed by atoms with Crippen LogP contribution in [0.25, 0.3) is 22.9 Å². The summed E-state index contributed by atoms with van der Waals surface area (Å²) in [5, 5.41) is 7.07. The van der Waals surface area contributed by atoms with Crippen LogP contribution in [0.3, 0.4) is 0 Å². The summed E-state index contributed by atoms with van der Waals surface area (Å²) in [5.41, 5.74) is 3.14. The molecule has 1 fully saturated rings. The summed E-state index contributed by atoms with van der Waals surface area (Å²) >= 11 is 0. The number of likely N-dealkylation sites (N-methyl/N-ethyl adjacent to an activating group) is 1. The smallest absolute Gasteiger partial charge is 0.233 e. The Bertz CT molecular complexity index is 1140. The molecule has 1 N–H and O–H groups in total. The average molecular weight is 450 g/mol. The zero-order valence-electron chi connectivity index (χ0n) is 19.5. The Morgan fingerprint density at radius 2 is 2.03 bits per heavy atom. The number of piperidine rings is 1. The number of hydrogen-bond donors (Lipinski definition) is 1. The number of rotatable bonds is 5. The van der Waals surface area contributed by atoms with Gasteiger partial charge in [-0.15, -0.1) is 0 Å². The van der Waals surface area contributed by atoms with Crippen LogP contribution in [-0.2, 0) is 11.3 Å². The first-order valence-corrected chi connectivity index (χ1v) is 11.7. The molecule has 0 radical (unpaired) electrons. The van der Waals surface area contributed by atoms with Crippen LogP contribution in [0.15, 0.2) is 30.7 Å². The maximum Gasteiger partial charge on any atom is 0.233 e. The molecule has 1 saturated heterocycles. The molecule has 33 heavy (non-hydrogen) atoms. The lowest BCUT2D eigenvalue weighted by atomic mass is 9.88. The van der Waals surface area contributed by atoms with Crippen LogP contribution in [0.1, 0.15) is 44.2 Å². The summed E-state index contributed by atoms with van der Waals surface area (Å²) in [5.74, 6) is 3.13. The third-order valence-electron chi connectivity index (χ3n) is 6.61. The molecule has 0 atom stereocenters. The number of aromatic nitrogens is 5. The van der Waals surface area contributed by atoms with Gasteiger partial charge >= 0.3 is 0 Å². The first-order chi connectivity index (χ1) is 16.0. The van der Waals surface area contributed by atoms with Gasteiger partial charge < -0.3 is 14.6 Å². The number of imidazole rings is 1. The highest BCUT2D eigenvalue weighted by Crippen LogP contribution is 2.38. The Morgan fingerprint density at radius 1 is 1.21 bits per heavy atom. The fourth-order valence-electron chi connectivity index (χ4n) is 4.78. The van der Waals surface area contributed by atoms with Crippen molar-refractivity contribution in [3.63, 3.8) is 0 Å². The average Bonchev–Trinajstić information content (AvgIpc) is 3.44. The molecule has 5 rings (SSSR count). The SMILES string of the molecule is CNC(=O)CN1CCC(c2ccc3c(c2)OCCn2cc(-c4ncnn4C(C)C)nc2-3)CC1. The summed E-state index contributed by atoms with van der Waals surface area (Å²) in [6.45, 7) is 7.85. The van der Waals surface area contributed by atoms with Gasteiger partial charge in [0.25, 0.3) is 0 Å². The number of ether oxygens (including phenoxy) is 1. The van der Waals surface area contributed by atoms with Crippen molar-refractivity contribution in [3.8, 4) is 28.7 Å². The third-order valence-corrected chi connectivity index (χ3v) is 6.61. The number of benzene rings is 1. The van der Waals surface area contributed by atoms with E-state index in [0.717, 1.165) is 61.1 Å². The number of amides is 1. The Morgan fingerprint density at radius 3 is 2.79 bits per heavy atom. The zero-order valence-corrected chi connectivity index (χ0v) is 19.5. The van der Waals surface area contributed by atoms with Crippen molar-refractivity contribution in [2.75, 3.05) is 33.3 Å². The second-order valence-corrected chi connectivity index (χ2v) is 9.09. The van der Waals surface area contributed by atoms with Gasteiger partial charge in [-0.05, 0) is 63.4 Å². The highest BCUT2D eigenvalue weighted by Gasteiger charge is 2.25. The Balaban J connectivity index is 1.38. The molecule has 0 unspecified atom stereocenters. The molecule has 4 heterocycles. The summed E-state index contributed by atoms with van der Waals surface area (Å²) in [6.07, 6.45) is 5.72. The van der Waals surface area contributed by atoms with Gasteiger partial charge in [0.1, 0.15) is 30.2 Å². The van der Waals surface area contributed by atoms with Crippen LogP contribution in [0.4, 0.5) is 0 Å². The van der Waals surface area contributed by atoms with Gasteiger partial charge in [-0.3, -0.25) is 9.69 Å². The standard InChI is InChI=1S/C24H31N7O2/c1-16(2)31-24(26-15-27-31)20-13-30-10-11-33-21-12-18(4-5-19(21)23(30)28-20)17-6-8-29(9-7-17)14-22(32)25-3/h4-5,12-13,15-17H,6-11,14H2,1-3H3,(H,25,32).